The molecule has 2 saturated heterocycles. The number of carbonyl (C=O) groups is 2. The number of carbonyl (C=O) groups excluding carboxylic acids is 2. The summed E-state index contributed by atoms with van der Waals surface area (Å²) >= 11 is 0. The van der Waals surface area contributed by atoms with Gasteiger partial charge in [0.15, 0.2) is 0 Å². The fourth-order valence-corrected chi connectivity index (χ4v) is 3.86. The Hall–Kier alpha value is -3.09. The lowest BCUT2D eigenvalue weighted by Gasteiger charge is -2.36. The van der Waals surface area contributed by atoms with Crippen LogP contribution < -0.4 is 15.1 Å². The summed E-state index contributed by atoms with van der Waals surface area (Å²) in [5.74, 6) is -0.224. The van der Waals surface area contributed by atoms with Crippen LogP contribution in [-0.4, -0.2) is 55.6 Å². The minimum Gasteiger partial charge on any atom is -0.368 e. The number of hydrogen-bond donors (Lipinski definition) is 1. The van der Waals surface area contributed by atoms with E-state index in [1.165, 1.54) is 12.1 Å². The van der Waals surface area contributed by atoms with Crippen molar-refractivity contribution < 1.29 is 14.0 Å². The summed E-state index contributed by atoms with van der Waals surface area (Å²) in [5, 5.41) is 3.01. The van der Waals surface area contributed by atoms with Crippen molar-refractivity contribution >= 4 is 23.3 Å². The second kappa shape index (κ2) is 8.11. The van der Waals surface area contributed by atoms with E-state index in [0.29, 0.717) is 39.1 Å². The summed E-state index contributed by atoms with van der Waals surface area (Å²) in [6.07, 6.45) is 0.315. The summed E-state index contributed by atoms with van der Waals surface area (Å²) < 4.78 is 13.1. The summed E-state index contributed by atoms with van der Waals surface area (Å²) in [4.78, 5) is 30.7. The molecule has 29 heavy (non-hydrogen) atoms. The molecular weight excluding hydrogens is 371 g/mol. The first-order valence-corrected chi connectivity index (χ1v) is 9.92. The molecule has 2 aromatic carbocycles. The molecule has 0 unspecified atom stereocenters. The van der Waals surface area contributed by atoms with Gasteiger partial charge in [-0.1, -0.05) is 17.7 Å². The number of piperazine rings is 1. The van der Waals surface area contributed by atoms with Crippen molar-refractivity contribution in [3.63, 3.8) is 0 Å². The Bertz CT molecular complexity index is 877. The lowest BCUT2D eigenvalue weighted by atomic mass is 10.2. The van der Waals surface area contributed by atoms with Gasteiger partial charge in [0.1, 0.15) is 5.82 Å². The van der Waals surface area contributed by atoms with E-state index >= 15 is 0 Å². The quantitative estimate of drug-likeness (QED) is 0.868. The highest BCUT2D eigenvalue weighted by atomic mass is 19.1. The Morgan fingerprint density at radius 2 is 1.59 bits per heavy atom. The number of aryl methyl sites for hydroxylation is 1. The fourth-order valence-electron chi connectivity index (χ4n) is 3.86. The number of amides is 3. The normalized spacial score (nSPS) is 19.6. The zero-order valence-electron chi connectivity index (χ0n) is 16.5. The molecule has 6 nitrogen and oxygen atoms in total. The van der Waals surface area contributed by atoms with E-state index in [0.717, 1.165) is 16.9 Å². The summed E-state index contributed by atoms with van der Waals surface area (Å²) in [7, 11) is 0. The molecule has 0 aromatic heterocycles. The molecule has 3 amide bonds. The number of hydrogen-bond acceptors (Lipinski definition) is 3. The molecule has 1 N–H and O–H groups in total. The highest BCUT2D eigenvalue weighted by molar-refractivity contribution is 5.96. The van der Waals surface area contributed by atoms with E-state index < -0.39 is 0 Å². The molecule has 0 aliphatic carbocycles. The predicted octanol–water partition coefficient (Wildman–Crippen LogP) is 2.77. The van der Waals surface area contributed by atoms with Crippen LogP contribution in [0.4, 0.5) is 20.6 Å². The number of nitrogens with zero attached hydrogens (tertiary/aromatic N) is 3. The number of urea groups is 1. The van der Waals surface area contributed by atoms with Crippen LogP contribution in [0, 0.1) is 12.7 Å². The number of benzene rings is 2. The van der Waals surface area contributed by atoms with E-state index in [1.807, 2.05) is 31.2 Å². The molecule has 2 fully saturated rings. The topological polar surface area (TPSA) is 55.9 Å². The van der Waals surface area contributed by atoms with Gasteiger partial charge in [0.05, 0.1) is 6.04 Å². The molecule has 0 spiro atoms. The zero-order chi connectivity index (χ0) is 20.4. The van der Waals surface area contributed by atoms with E-state index in [9.17, 15) is 14.0 Å². The van der Waals surface area contributed by atoms with Crippen LogP contribution in [0.15, 0.2) is 48.5 Å². The number of halogens is 1. The van der Waals surface area contributed by atoms with E-state index in [1.54, 1.807) is 21.9 Å². The number of nitrogens with one attached hydrogen (secondary N) is 1. The standard InChI is InChI=1S/C22H25FN4O2/c1-16-2-6-20(7-3-16)27-15-18(14-21(27)28)24-22(29)26-12-10-25(11-13-26)19-8-4-17(23)5-9-19/h2-9,18H,10-15H2,1H3,(H,24,29)/t18-/m1/s1. The van der Waals surface area contributed by atoms with E-state index in [2.05, 4.69) is 10.2 Å². The number of rotatable bonds is 3. The van der Waals surface area contributed by atoms with E-state index in [4.69, 9.17) is 0 Å². The minimum atomic E-state index is -0.252. The van der Waals surface area contributed by atoms with Crippen LogP contribution in [0.3, 0.4) is 0 Å². The van der Waals surface area contributed by atoms with Gasteiger partial charge in [-0.05, 0) is 43.3 Å². The van der Waals surface area contributed by atoms with Gasteiger partial charge in [-0.15, -0.1) is 0 Å². The van der Waals surface area contributed by atoms with Crippen LogP contribution in [-0.2, 0) is 4.79 Å². The van der Waals surface area contributed by atoms with Gasteiger partial charge in [-0.2, -0.15) is 0 Å². The van der Waals surface area contributed by atoms with Crippen LogP contribution in [0.25, 0.3) is 0 Å². The highest BCUT2D eigenvalue weighted by Gasteiger charge is 2.33. The molecule has 2 aromatic rings. The van der Waals surface area contributed by atoms with Crippen LogP contribution in [0.2, 0.25) is 0 Å². The van der Waals surface area contributed by atoms with Gasteiger partial charge in [0.25, 0.3) is 0 Å². The molecule has 0 saturated carbocycles. The second-order valence-electron chi connectivity index (χ2n) is 7.64. The molecule has 2 aliphatic rings. The predicted molar refractivity (Wildman–Crippen MR) is 111 cm³/mol. The monoisotopic (exact) mass is 396 g/mol. The minimum absolute atomic E-state index is 0.0280. The summed E-state index contributed by atoms with van der Waals surface area (Å²) in [5.41, 5.74) is 2.97. The first kappa shape index (κ1) is 19.2. The molecule has 1 atom stereocenters. The van der Waals surface area contributed by atoms with Gasteiger partial charge in [-0.25, -0.2) is 9.18 Å². The third-order valence-corrected chi connectivity index (χ3v) is 5.56. The van der Waals surface area contributed by atoms with Crippen molar-refractivity contribution in [2.45, 2.75) is 19.4 Å². The molecule has 2 heterocycles. The van der Waals surface area contributed by atoms with Crippen molar-refractivity contribution in [1.82, 2.24) is 10.2 Å². The Kier molecular flexibility index (Phi) is 5.38. The maximum absolute atomic E-state index is 13.1. The SMILES string of the molecule is Cc1ccc(N2C[C@H](NC(=O)N3CCN(c4ccc(F)cc4)CC3)CC2=O)cc1. The lowest BCUT2D eigenvalue weighted by Crippen LogP contribution is -2.53. The van der Waals surface area contributed by atoms with Gasteiger partial charge < -0.3 is 20.0 Å². The van der Waals surface area contributed by atoms with E-state index in [-0.39, 0.29) is 23.8 Å². The van der Waals surface area contributed by atoms with Gasteiger partial charge in [0.2, 0.25) is 5.91 Å². The van der Waals surface area contributed by atoms with Crippen molar-refractivity contribution in [2.75, 3.05) is 42.5 Å². The average molecular weight is 396 g/mol. The Morgan fingerprint density at radius 3 is 2.24 bits per heavy atom. The highest BCUT2D eigenvalue weighted by Crippen LogP contribution is 2.22. The fraction of sp³-hybridized carbons (Fsp3) is 0.364. The average Bonchev–Trinajstić information content (AvgIpc) is 3.09. The van der Waals surface area contributed by atoms with Gasteiger partial charge in [0, 0.05) is 50.5 Å². The zero-order valence-corrected chi connectivity index (χ0v) is 16.5. The van der Waals surface area contributed by atoms with Crippen LogP contribution in [0.1, 0.15) is 12.0 Å². The molecular formula is C22H25FN4O2. The smallest absolute Gasteiger partial charge is 0.317 e. The Labute approximate surface area is 169 Å². The summed E-state index contributed by atoms with van der Waals surface area (Å²) in [6.45, 7) is 5.06. The summed E-state index contributed by atoms with van der Waals surface area (Å²) in [6, 6.07) is 13.9. The van der Waals surface area contributed by atoms with Crippen molar-refractivity contribution in [3.05, 3.63) is 59.9 Å². The van der Waals surface area contributed by atoms with Crippen molar-refractivity contribution in [2.24, 2.45) is 0 Å². The van der Waals surface area contributed by atoms with Crippen molar-refractivity contribution in [3.8, 4) is 0 Å². The number of anilines is 2. The van der Waals surface area contributed by atoms with Gasteiger partial charge >= 0.3 is 6.03 Å². The molecule has 0 radical (unpaired) electrons. The Morgan fingerprint density at radius 1 is 0.966 bits per heavy atom. The van der Waals surface area contributed by atoms with Gasteiger partial charge in [-0.3, -0.25) is 4.79 Å². The van der Waals surface area contributed by atoms with Crippen molar-refractivity contribution in [1.29, 1.82) is 0 Å². The lowest BCUT2D eigenvalue weighted by molar-refractivity contribution is -0.117. The first-order chi connectivity index (χ1) is 14.0. The van der Waals surface area contributed by atoms with Crippen LogP contribution in [0.5, 0.6) is 0 Å². The first-order valence-electron chi connectivity index (χ1n) is 9.92. The third-order valence-electron chi connectivity index (χ3n) is 5.56. The second-order valence-corrected chi connectivity index (χ2v) is 7.64. The van der Waals surface area contributed by atoms with Crippen LogP contribution >= 0.6 is 0 Å². The molecule has 7 heteroatoms. The molecule has 2 aliphatic heterocycles. The molecule has 4 rings (SSSR count). The third kappa shape index (κ3) is 4.34. The largest absolute Gasteiger partial charge is 0.368 e. The molecule has 0 bridgehead atoms. The Balaban J connectivity index is 1.29. The maximum Gasteiger partial charge on any atom is 0.317 e. The maximum atomic E-state index is 13.1. The molecule has 152 valence electrons.